The first kappa shape index (κ1) is 24.0. The van der Waals surface area contributed by atoms with Gasteiger partial charge in [0, 0.05) is 24.8 Å². The van der Waals surface area contributed by atoms with E-state index in [1.807, 2.05) is 0 Å². The van der Waals surface area contributed by atoms with E-state index in [0.717, 1.165) is 0 Å². The molecule has 2 aliphatic rings. The summed E-state index contributed by atoms with van der Waals surface area (Å²) in [6, 6.07) is 8.76. The van der Waals surface area contributed by atoms with Gasteiger partial charge in [0.25, 0.3) is 5.91 Å². The number of carbonyl (C=O) groups is 2. The van der Waals surface area contributed by atoms with E-state index in [1.54, 1.807) is 19.1 Å². The summed E-state index contributed by atoms with van der Waals surface area (Å²) < 4.78 is 56.9. The molecule has 0 aliphatic carbocycles. The number of hydrogen-bond acceptors (Lipinski definition) is 7. The lowest BCUT2D eigenvalue weighted by Crippen LogP contribution is -2.41. The fraction of sp³-hybridized carbons (Fsp3) is 0.391. The number of esters is 1. The third-order valence-electron chi connectivity index (χ3n) is 5.74. The molecule has 0 radical (unpaired) electrons. The molecule has 2 heterocycles. The topological polar surface area (TPSA) is 111 Å². The van der Waals surface area contributed by atoms with Gasteiger partial charge >= 0.3 is 5.97 Å². The average Bonchev–Trinajstić information content (AvgIpc) is 2.84. The molecular weight excluding hydrogens is 467 g/mol. The number of rotatable bonds is 6. The van der Waals surface area contributed by atoms with Gasteiger partial charge in [0.05, 0.1) is 10.8 Å². The number of hydrogen-bond donors (Lipinski definition) is 1. The molecule has 2 aromatic rings. The monoisotopic (exact) mass is 492 g/mol. The molecule has 11 heteroatoms. The maximum absolute atomic E-state index is 13.6. The summed E-state index contributed by atoms with van der Waals surface area (Å²) in [5.41, 5.74) is 0.716. The van der Waals surface area contributed by atoms with Crippen molar-refractivity contribution in [3.8, 4) is 11.5 Å². The van der Waals surface area contributed by atoms with Crippen LogP contribution in [-0.4, -0.2) is 57.5 Å². The predicted molar refractivity (Wildman–Crippen MR) is 120 cm³/mol. The van der Waals surface area contributed by atoms with Crippen LogP contribution in [0, 0.1) is 18.7 Å². The maximum Gasteiger partial charge on any atom is 0.309 e. The first-order chi connectivity index (χ1) is 16.2. The number of piperidine rings is 1. The van der Waals surface area contributed by atoms with E-state index in [1.165, 1.54) is 28.6 Å². The van der Waals surface area contributed by atoms with E-state index in [0.29, 0.717) is 30.3 Å². The van der Waals surface area contributed by atoms with Gasteiger partial charge in [-0.15, -0.1) is 0 Å². The van der Waals surface area contributed by atoms with E-state index in [4.69, 9.17) is 14.2 Å². The van der Waals surface area contributed by atoms with Gasteiger partial charge in [0.1, 0.15) is 19.0 Å². The average molecular weight is 493 g/mol. The number of anilines is 1. The Morgan fingerprint density at radius 3 is 2.50 bits per heavy atom. The van der Waals surface area contributed by atoms with Crippen LogP contribution in [0.15, 0.2) is 41.3 Å². The van der Waals surface area contributed by atoms with E-state index in [-0.39, 0.29) is 36.5 Å². The smallest absolute Gasteiger partial charge is 0.309 e. The second-order valence-electron chi connectivity index (χ2n) is 8.10. The van der Waals surface area contributed by atoms with Crippen LogP contribution in [0.4, 0.5) is 10.1 Å². The van der Waals surface area contributed by atoms with Gasteiger partial charge in [-0.05, 0) is 49.6 Å². The molecular formula is C23H25FN2O7S. The summed E-state index contributed by atoms with van der Waals surface area (Å²) in [4.78, 5) is 24.5. The standard InChI is InChI=1S/C23H25FN2O7S/c1-15-2-3-17(12-19(15)24)25-22(27)14-33-23(28)16-6-8-26(9-7-16)34(29,30)18-4-5-20-21(13-18)32-11-10-31-20/h2-5,12-13,16H,6-11,14H2,1H3,(H,25,27). The van der Waals surface area contributed by atoms with Crippen molar-refractivity contribution in [2.45, 2.75) is 24.7 Å². The lowest BCUT2D eigenvalue weighted by atomic mass is 9.98. The maximum atomic E-state index is 13.6. The van der Waals surface area contributed by atoms with Gasteiger partial charge in [-0.3, -0.25) is 9.59 Å². The van der Waals surface area contributed by atoms with E-state index in [2.05, 4.69) is 5.32 Å². The Labute approximate surface area is 196 Å². The van der Waals surface area contributed by atoms with Crippen LogP contribution in [0.3, 0.4) is 0 Å². The Bertz CT molecular complexity index is 1190. The molecule has 182 valence electrons. The highest BCUT2D eigenvalue weighted by Crippen LogP contribution is 2.34. The largest absolute Gasteiger partial charge is 0.486 e. The molecule has 0 atom stereocenters. The van der Waals surface area contributed by atoms with Gasteiger partial charge in [0.2, 0.25) is 10.0 Å². The van der Waals surface area contributed by atoms with Gasteiger partial charge in [-0.25, -0.2) is 12.8 Å². The highest BCUT2D eigenvalue weighted by molar-refractivity contribution is 7.89. The quantitative estimate of drug-likeness (QED) is 0.617. The van der Waals surface area contributed by atoms with Crippen molar-refractivity contribution in [1.29, 1.82) is 0 Å². The molecule has 34 heavy (non-hydrogen) atoms. The number of aryl methyl sites for hydroxylation is 1. The first-order valence-electron chi connectivity index (χ1n) is 10.9. The fourth-order valence-electron chi connectivity index (χ4n) is 3.79. The van der Waals surface area contributed by atoms with Crippen LogP contribution in [0.5, 0.6) is 11.5 Å². The van der Waals surface area contributed by atoms with Crippen molar-refractivity contribution in [3.05, 3.63) is 47.8 Å². The van der Waals surface area contributed by atoms with Crippen molar-refractivity contribution in [2.24, 2.45) is 5.92 Å². The summed E-state index contributed by atoms with van der Waals surface area (Å²) in [6.45, 7) is 2.15. The Balaban J connectivity index is 1.27. The summed E-state index contributed by atoms with van der Waals surface area (Å²) in [5.74, 6) is -1.23. The summed E-state index contributed by atoms with van der Waals surface area (Å²) >= 11 is 0. The third-order valence-corrected chi connectivity index (χ3v) is 7.63. The highest BCUT2D eigenvalue weighted by atomic mass is 32.2. The fourth-order valence-corrected chi connectivity index (χ4v) is 5.27. The Kier molecular flexibility index (Phi) is 7.03. The summed E-state index contributed by atoms with van der Waals surface area (Å²) in [5, 5.41) is 2.47. The van der Waals surface area contributed by atoms with Crippen LogP contribution >= 0.6 is 0 Å². The number of benzene rings is 2. The second kappa shape index (κ2) is 9.98. The van der Waals surface area contributed by atoms with Crippen LogP contribution in [0.2, 0.25) is 0 Å². The third kappa shape index (κ3) is 5.31. The zero-order valence-electron chi connectivity index (χ0n) is 18.6. The van der Waals surface area contributed by atoms with Crippen LogP contribution in [0.1, 0.15) is 18.4 Å². The molecule has 1 N–H and O–H groups in total. The lowest BCUT2D eigenvalue weighted by Gasteiger charge is -2.30. The number of nitrogens with one attached hydrogen (secondary N) is 1. The predicted octanol–water partition coefficient (Wildman–Crippen LogP) is 2.49. The van der Waals surface area contributed by atoms with Crippen molar-refractivity contribution >= 4 is 27.6 Å². The molecule has 0 aromatic heterocycles. The molecule has 1 saturated heterocycles. The lowest BCUT2D eigenvalue weighted by molar-refractivity contribution is -0.152. The van der Waals surface area contributed by atoms with Gasteiger partial charge in [-0.2, -0.15) is 4.31 Å². The zero-order valence-corrected chi connectivity index (χ0v) is 19.4. The molecule has 4 rings (SSSR count). The number of ether oxygens (including phenoxy) is 3. The van der Waals surface area contributed by atoms with E-state index < -0.39 is 40.2 Å². The number of carbonyl (C=O) groups excluding carboxylic acids is 2. The second-order valence-corrected chi connectivity index (χ2v) is 10.0. The Morgan fingerprint density at radius 1 is 1.09 bits per heavy atom. The van der Waals surface area contributed by atoms with Crippen molar-refractivity contribution in [1.82, 2.24) is 4.31 Å². The number of fused-ring (bicyclic) bond motifs is 1. The molecule has 0 bridgehead atoms. The Morgan fingerprint density at radius 2 is 1.79 bits per heavy atom. The number of halogens is 1. The molecule has 0 unspecified atom stereocenters. The first-order valence-corrected chi connectivity index (χ1v) is 12.3. The minimum absolute atomic E-state index is 0.0991. The Hall–Kier alpha value is -3.18. The van der Waals surface area contributed by atoms with Crippen molar-refractivity contribution < 1.29 is 36.6 Å². The molecule has 2 aliphatic heterocycles. The molecule has 9 nitrogen and oxygen atoms in total. The van der Waals surface area contributed by atoms with Gasteiger partial charge in [0.15, 0.2) is 18.1 Å². The van der Waals surface area contributed by atoms with Crippen molar-refractivity contribution in [3.63, 3.8) is 0 Å². The minimum Gasteiger partial charge on any atom is -0.486 e. The molecule has 0 spiro atoms. The normalized spacial score (nSPS) is 16.6. The minimum atomic E-state index is -3.76. The molecule has 1 amide bonds. The van der Waals surface area contributed by atoms with Gasteiger partial charge < -0.3 is 19.5 Å². The SMILES string of the molecule is Cc1ccc(NC(=O)COC(=O)C2CCN(S(=O)(=O)c3ccc4c(c3)OCCO4)CC2)cc1F. The summed E-state index contributed by atoms with van der Waals surface area (Å²) in [6.07, 6.45) is 0.542. The number of amides is 1. The van der Waals surface area contributed by atoms with Crippen LogP contribution in [0.25, 0.3) is 0 Å². The molecule has 0 saturated carbocycles. The number of nitrogens with zero attached hydrogens (tertiary/aromatic N) is 1. The van der Waals surface area contributed by atoms with Crippen LogP contribution in [-0.2, 0) is 24.3 Å². The zero-order chi connectivity index (χ0) is 24.3. The van der Waals surface area contributed by atoms with E-state index >= 15 is 0 Å². The molecule has 2 aromatic carbocycles. The molecule has 1 fully saturated rings. The number of sulfonamides is 1. The van der Waals surface area contributed by atoms with Crippen LogP contribution < -0.4 is 14.8 Å². The summed E-state index contributed by atoms with van der Waals surface area (Å²) in [7, 11) is -3.76. The highest BCUT2D eigenvalue weighted by Gasteiger charge is 2.33. The van der Waals surface area contributed by atoms with Gasteiger partial charge in [-0.1, -0.05) is 6.07 Å². The van der Waals surface area contributed by atoms with E-state index in [9.17, 15) is 22.4 Å². The van der Waals surface area contributed by atoms with Crippen molar-refractivity contribution in [2.75, 3.05) is 38.2 Å².